The van der Waals surface area contributed by atoms with Gasteiger partial charge in [-0.3, -0.25) is 0 Å². The van der Waals surface area contributed by atoms with E-state index in [0.717, 1.165) is 11.4 Å². The third-order valence-electron chi connectivity index (χ3n) is 2.67. The molecule has 0 spiro atoms. The van der Waals surface area contributed by atoms with E-state index in [2.05, 4.69) is 34.6 Å². The summed E-state index contributed by atoms with van der Waals surface area (Å²) in [7, 11) is 1.68. The molecule has 0 atom stereocenters. The Kier molecular flexibility index (Phi) is 3.13. The summed E-state index contributed by atoms with van der Waals surface area (Å²) in [6, 6.07) is 12.3. The smallest absolute Gasteiger partial charge is 0.118 e. The minimum absolute atomic E-state index is 0.876. The molecule has 0 saturated heterocycles. The quantitative estimate of drug-likeness (QED) is 0.698. The van der Waals surface area contributed by atoms with Gasteiger partial charge in [0, 0.05) is 0 Å². The van der Waals surface area contributed by atoms with Crippen molar-refractivity contribution < 1.29 is 4.74 Å². The number of thiazole rings is 1. The fourth-order valence-electron chi connectivity index (χ4n) is 1.78. The molecule has 2 heterocycles. The van der Waals surface area contributed by atoms with Crippen LogP contribution in [0.25, 0.3) is 21.0 Å². The number of rotatable bonds is 3. The van der Waals surface area contributed by atoms with Gasteiger partial charge in [-0.2, -0.15) is 0 Å². The predicted octanol–water partition coefficient (Wildman–Crippen LogP) is 4.55. The molecule has 0 bridgehead atoms. The summed E-state index contributed by atoms with van der Waals surface area (Å²) < 4.78 is 5.18. The highest BCUT2D eigenvalue weighted by molar-refractivity contribution is 7.16. The summed E-state index contributed by atoms with van der Waals surface area (Å²) in [4.78, 5) is 6.89. The zero-order chi connectivity index (χ0) is 12.4. The molecule has 2 nitrogen and oxygen atoms in total. The second-order valence-electron chi connectivity index (χ2n) is 3.74. The summed E-state index contributed by atoms with van der Waals surface area (Å²) in [5.74, 6) is 0.876. The van der Waals surface area contributed by atoms with Crippen LogP contribution < -0.4 is 4.74 Å². The first-order valence-corrected chi connectivity index (χ1v) is 7.26. The van der Waals surface area contributed by atoms with Crippen molar-refractivity contribution in [3.63, 3.8) is 0 Å². The van der Waals surface area contributed by atoms with Crippen LogP contribution in [-0.4, -0.2) is 12.1 Å². The molecule has 0 fully saturated rings. The highest BCUT2D eigenvalue weighted by atomic mass is 32.1. The maximum atomic E-state index is 5.18. The molecule has 0 radical (unpaired) electrons. The average Bonchev–Trinajstić information content (AvgIpc) is 3.09. The summed E-state index contributed by atoms with van der Waals surface area (Å²) >= 11 is 3.39. The average molecular weight is 273 g/mol. The number of hydrogen-bond acceptors (Lipinski definition) is 4. The highest BCUT2D eigenvalue weighted by Crippen LogP contribution is 2.37. The Labute approximate surface area is 114 Å². The van der Waals surface area contributed by atoms with E-state index in [1.165, 1.54) is 15.3 Å². The summed E-state index contributed by atoms with van der Waals surface area (Å²) in [6.45, 7) is 0. The second kappa shape index (κ2) is 4.92. The van der Waals surface area contributed by atoms with E-state index >= 15 is 0 Å². The molecule has 90 valence electrons. The number of methoxy groups -OCH3 is 1. The topological polar surface area (TPSA) is 22.1 Å². The first-order valence-electron chi connectivity index (χ1n) is 5.50. The van der Waals surface area contributed by atoms with Crippen LogP contribution in [0.1, 0.15) is 0 Å². The van der Waals surface area contributed by atoms with Crippen molar-refractivity contribution in [3.8, 4) is 26.8 Å². The maximum absolute atomic E-state index is 5.18. The molecule has 0 amide bonds. The lowest BCUT2D eigenvalue weighted by molar-refractivity contribution is 0.415. The van der Waals surface area contributed by atoms with Gasteiger partial charge in [0.15, 0.2) is 0 Å². The summed E-state index contributed by atoms with van der Waals surface area (Å²) in [6.07, 6.45) is 0. The van der Waals surface area contributed by atoms with Crippen LogP contribution in [0.4, 0.5) is 0 Å². The number of benzene rings is 1. The minimum Gasteiger partial charge on any atom is -0.497 e. The van der Waals surface area contributed by atoms with E-state index in [-0.39, 0.29) is 0 Å². The van der Waals surface area contributed by atoms with Crippen molar-refractivity contribution in [1.82, 2.24) is 4.98 Å². The van der Waals surface area contributed by atoms with Gasteiger partial charge in [0.2, 0.25) is 0 Å². The largest absolute Gasteiger partial charge is 0.497 e. The monoisotopic (exact) mass is 273 g/mol. The van der Waals surface area contributed by atoms with Gasteiger partial charge in [-0.15, -0.1) is 22.7 Å². The van der Waals surface area contributed by atoms with Gasteiger partial charge in [-0.05, 0) is 41.3 Å². The van der Waals surface area contributed by atoms with Crippen LogP contribution in [0.3, 0.4) is 0 Å². The predicted molar refractivity (Wildman–Crippen MR) is 77.4 cm³/mol. The Morgan fingerprint density at radius 3 is 2.56 bits per heavy atom. The Balaban J connectivity index is 2.04. The first-order chi connectivity index (χ1) is 8.88. The lowest BCUT2D eigenvalue weighted by atomic mass is 10.1. The third-order valence-corrected chi connectivity index (χ3v) is 4.43. The van der Waals surface area contributed by atoms with Gasteiger partial charge in [-0.1, -0.05) is 6.07 Å². The molecule has 0 aliphatic heterocycles. The van der Waals surface area contributed by atoms with Gasteiger partial charge in [0.25, 0.3) is 0 Å². The summed E-state index contributed by atoms with van der Waals surface area (Å²) in [5, 5.41) is 2.08. The van der Waals surface area contributed by atoms with Crippen molar-refractivity contribution in [2.75, 3.05) is 7.11 Å². The number of thiophene rings is 1. The van der Waals surface area contributed by atoms with Gasteiger partial charge in [-0.25, -0.2) is 4.98 Å². The van der Waals surface area contributed by atoms with E-state index in [4.69, 9.17) is 4.74 Å². The Hall–Kier alpha value is -1.65. The van der Waals surface area contributed by atoms with Crippen LogP contribution in [0.2, 0.25) is 0 Å². The van der Waals surface area contributed by atoms with Crippen molar-refractivity contribution in [2.45, 2.75) is 0 Å². The molecule has 0 aliphatic carbocycles. The molecular weight excluding hydrogens is 262 g/mol. The van der Waals surface area contributed by atoms with E-state index in [1.807, 2.05) is 17.6 Å². The Morgan fingerprint density at radius 1 is 1.06 bits per heavy atom. The van der Waals surface area contributed by atoms with Crippen LogP contribution in [0.15, 0.2) is 47.3 Å². The normalized spacial score (nSPS) is 10.5. The maximum Gasteiger partial charge on any atom is 0.118 e. The highest BCUT2D eigenvalue weighted by Gasteiger charge is 2.11. The van der Waals surface area contributed by atoms with Gasteiger partial charge >= 0.3 is 0 Å². The van der Waals surface area contributed by atoms with E-state index in [9.17, 15) is 0 Å². The molecule has 0 N–H and O–H groups in total. The van der Waals surface area contributed by atoms with Gasteiger partial charge < -0.3 is 4.74 Å². The number of ether oxygens (including phenoxy) is 1. The SMILES string of the molecule is COc1ccc(-c2scnc2-c2cccs2)cc1. The van der Waals surface area contributed by atoms with Crippen LogP contribution in [0, 0.1) is 0 Å². The van der Waals surface area contributed by atoms with E-state index in [1.54, 1.807) is 29.8 Å². The zero-order valence-corrected chi connectivity index (χ0v) is 11.4. The Morgan fingerprint density at radius 2 is 1.89 bits per heavy atom. The molecule has 4 heteroatoms. The molecule has 18 heavy (non-hydrogen) atoms. The second-order valence-corrected chi connectivity index (χ2v) is 5.54. The van der Waals surface area contributed by atoms with Gasteiger partial charge in [0.1, 0.15) is 5.75 Å². The van der Waals surface area contributed by atoms with Crippen molar-refractivity contribution in [2.24, 2.45) is 0 Å². The van der Waals surface area contributed by atoms with Gasteiger partial charge in [0.05, 0.1) is 28.1 Å². The molecule has 3 rings (SSSR count). The number of hydrogen-bond donors (Lipinski definition) is 0. The lowest BCUT2D eigenvalue weighted by Crippen LogP contribution is -1.82. The number of aromatic nitrogens is 1. The fraction of sp³-hybridized carbons (Fsp3) is 0.0714. The van der Waals surface area contributed by atoms with Crippen LogP contribution in [-0.2, 0) is 0 Å². The van der Waals surface area contributed by atoms with Crippen molar-refractivity contribution in [3.05, 3.63) is 47.3 Å². The lowest BCUT2D eigenvalue weighted by Gasteiger charge is -2.03. The minimum atomic E-state index is 0.876. The molecular formula is C14H11NOS2. The molecule has 2 aromatic heterocycles. The fourth-order valence-corrected chi connectivity index (χ4v) is 3.38. The van der Waals surface area contributed by atoms with Crippen molar-refractivity contribution >= 4 is 22.7 Å². The van der Waals surface area contributed by atoms with Crippen LogP contribution in [0.5, 0.6) is 5.75 Å². The summed E-state index contributed by atoms with van der Waals surface area (Å²) in [5.41, 5.74) is 4.15. The third kappa shape index (κ3) is 2.05. The number of nitrogens with zero attached hydrogens (tertiary/aromatic N) is 1. The van der Waals surface area contributed by atoms with Crippen LogP contribution >= 0.6 is 22.7 Å². The van der Waals surface area contributed by atoms with Crippen molar-refractivity contribution in [1.29, 1.82) is 0 Å². The standard InChI is InChI=1S/C14H11NOS2/c1-16-11-6-4-10(5-7-11)14-13(15-9-18-14)12-3-2-8-17-12/h2-9H,1H3. The molecule has 3 aromatic rings. The molecule has 0 unspecified atom stereocenters. The molecule has 1 aromatic carbocycles. The molecule has 0 aliphatic rings. The van der Waals surface area contributed by atoms with E-state index < -0.39 is 0 Å². The zero-order valence-electron chi connectivity index (χ0n) is 9.79. The Bertz CT molecular complexity index is 626. The first kappa shape index (κ1) is 11.4. The van der Waals surface area contributed by atoms with E-state index in [0.29, 0.717) is 0 Å². The molecule has 0 saturated carbocycles.